The Morgan fingerprint density at radius 3 is 2.11 bits per heavy atom. The molecule has 0 aliphatic rings. The third-order valence-corrected chi connectivity index (χ3v) is 11.3. The zero-order chi connectivity index (χ0) is 15.2. The molecule has 1 N–H and O–H groups in total. The Balaban J connectivity index is 4.03. The van der Waals surface area contributed by atoms with Crippen LogP contribution in [0.2, 0.25) is 18.1 Å². The van der Waals surface area contributed by atoms with E-state index >= 15 is 0 Å². The second-order valence-corrected chi connectivity index (χ2v) is 15.1. The minimum atomic E-state index is -1.63. The standard InChI is InChI=1S/C14H32O2S2Si/c1-13(2,3)19(6,7)16-12-14(4,5)18-17-11-9-8-10-15/h15H,8-12H2,1-7H3. The van der Waals surface area contributed by atoms with Crippen molar-refractivity contribution < 1.29 is 9.53 Å². The summed E-state index contributed by atoms with van der Waals surface area (Å²) in [6, 6.07) is 0. The molecule has 0 rings (SSSR count). The molecule has 116 valence electrons. The summed E-state index contributed by atoms with van der Waals surface area (Å²) >= 11 is 0. The van der Waals surface area contributed by atoms with E-state index in [2.05, 4.69) is 47.7 Å². The normalized spacial score (nSPS) is 13.9. The van der Waals surface area contributed by atoms with Gasteiger partial charge in [0.05, 0.1) is 0 Å². The van der Waals surface area contributed by atoms with Gasteiger partial charge in [0.1, 0.15) is 0 Å². The molecule has 2 nitrogen and oxygen atoms in total. The minimum Gasteiger partial charge on any atom is -0.415 e. The van der Waals surface area contributed by atoms with Crippen LogP contribution in [0.15, 0.2) is 0 Å². The van der Waals surface area contributed by atoms with E-state index in [9.17, 15) is 0 Å². The molecule has 0 spiro atoms. The Labute approximate surface area is 129 Å². The SMILES string of the molecule is CC(C)(CO[Si](C)(C)C(C)(C)C)SSCCCCO. The van der Waals surface area contributed by atoms with E-state index in [-0.39, 0.29) is 9.79 Å². The number of rotatable bonds is 9. The van der Waals surface area contributed by atoms with Crippen molar-refractivity contribution in [2.45, 2.75) is 70.3 Å². The molecule has 0 saturated carbocycles. The highest BCUT2D eigenvalue weighted by Crippen LogP contribution is 2.40. The summed E-state index contributed by atoms with van der Waals surface area (Å²) in [5.74, 6) is 1.11. The topological polar surface area (TPSA) is 29.5 Å². The summed E-state index contributed by atoms with van der Waals surface area (Å²) in [4.78, 5) is 0. The molecule has 0 radical (unpaired) electrons. The average Bonchev–Trinajstić information content (AvgIpc) is 2.25. The summed E-state index contributed by atoms with van der Waals surface area (Å²) in [6.07, 6.45) is 2.00. The quantitative estimate of drug-likeness (QED) is 0.369. The molecular formula is C14H32O2S2Si. The van der Waals surface area contributed by atoms with Gasteiger partial charge in [0, 0.05) is 23.7 Å². The highest BCUT2D eigenvalue weighted by molar-refractivity contribution is 8.77. The Morgan fingerprint density at radius 1 is 1.05 bits per heavy atom. The molecule has 0 bridgehead atoms. The molecule has 0 fully saturated rings. The Hall–Kier alpha value is 0.837. The summed E-state index contributed by atoms with van der Waals surface area (Å²) in [5, 5.41) is 9.02. The molecule has 0 amide bonds. The van der Waals surface area contributed by atoms with E-state index in [4.69, 9.17) is 9.53 Å². The third-order valence-electron chi connectivity index (χ3n) is 3.51. The van der Waals surface area contributed by atoms with Crippen molar-refractivity contribution in [1.82, 2.24) is 0 Å². The lowest BCUT2D eigenvalue weighted by Gasteiger charge is -2.38. The molecule has 0 aromatic rings. The lowest BCUT2D eigenvalue weighted by Crippen LogP contribution is -2.43. The van der Waals surface area contributed by atoms with Crippen LogP contribution in [-0.4, -0.2) is 37.1 Å². The van der Waals surface area contributed by atoms with Gasteiger partial charge in [-0.3, -0.25) is 0 Å². The predicted molar refractivity (Wildman–Crippen MR) is 93.6 cm³/mol. The highest BCUT2D eigenvalue weighted by Gasteiger charge is 2.38. The first-order valence-electron chi connectivity index (χ1n) is 7.07. The first-order valence-corrected chi connectivity index (χ1v) is 12.3. The zero-order valence-corrected chi connectivity index (χ0v) is 16.3. The molecule has 5 heteroatoms. The van der Waals surface area contributed by atoms with Crippen LogP contribution < -0.4 is 0 Å². The van der Waals surface area contributed by atoms with Gasteiger partial charge < -0.3 is 9.53 Å². The number of hydrogen-bond acceptors (Lipinski definition) is 4. The molecule has 0 atom stereocenters. The van der Waals surface area contributed by atoms with Crippen LogP contribution >= 0.6 is 21.6 Å². The van der Waals surface area contributed by atoms with Gasteiger partial charge in [0.25, 0.3) is 0 Å². The number of unbranched alkanes of at least 4 members (excludes halogenated alkanes) is 1. The number of hydrogen-bond donors (Lipinski definition) is 1. The van der Waals surface area contributed by atoms with Crippen LogP contribution in [0.3, 0.4) is 0 Å². The maximum absolute atomic E-state index is 8.74. The molecular weight excluding hydrogens is 292 g/mol. The second-order valence-electron chi connectivity index (χ2n) is 7.14. The van der Waals surface area contributed by atoms with Crippen molar-refractivity contribution in [3.63, 3.8) is 0 Å². The van der Waals surface area contributed by atoms with E-state index in [1.54, 1.807) is 0 Å². The van der Waals surface area contributed by atoms with Crippen LogP contribution in [0, 0.1) is 0 Å². The van der Waals surface area contributed by atoms with Crippen molar-refractivity contribution in [3.05, 3.63) is 0 Å². The average molecular weight is 325 g/mol. The Kier molecular flexibility index (Phi) is 8.69. The Bertz CT molecular complexity index is 250. The molecule has 0 aliphatic heterocycles. The predicted octanol–water partition coefficient (Wildman–Crippen LogP) is 4.94. The van der Waals surface area contributed by atoms with E-state index in [0.717, 1.165) is 25.2 Å². The smallest absolute Gasteiger partial charge is 0.192 e. The van der Waals surface area contributed by atoms with Gasteiger partial charge in [-0.2, -0.15) is 0 Å². The van der Waals surface area contributed by atoms with Crippen LogP contribution in [0.5, 0.6) is 0 Å². The fourth-order valence-electron chi connectivity index (χ4n) is 1.07. The second kappa shape index (κ2) is 8.32. The largest absolute Gasteiger partial charge is 0.415 e. The highest BCUT2D eigenvalue weighted by atomic mass is 33.1. The van der Waals surface area contributed by atoms with Gasteiger partial charge in [-0.15, -0.1) is 0 Å². The van der Waals surface area contributed by atoms with Crippen molar-refractivity contribution >= 4 is 29.9 Å². The van der Waals surface area contributed by atoms with Gasteiger partial charge in [-0.1, -0.05) is 42.4 Å². The first kappa shape index (κ1) is 19.8. The van der Waals surface area contributed by atoms with Crippen LogP contribution in [0.4, 0.5) is 0 Å². The number of aliphatic hydroxyl groups is 1. The number of aliphatic hydroxyl groups excluding tert-OH is 1. The summed E-state index contributed by atoms with van der Waals surface area (Å²) in [5.41, 5.74) is 0. The van der Waals surface area contributed by atoms with E-state index in [1.165, 1.54) is 0 Å². The molecule has 0 aromatic carbocycles. The fraction of sp³-hybridized carbons (Fsp3) is 1.00. The van der Waals surface area contributed by atoms with Crippen molar-refractivity contribution in [2.24, 2.45) is 0 Å². The van der Waals surface area contributed by atoms with Crippen molar-refractivity contribution in [3.8, 4) is 0 Å². The van der Waals surface area contributed by atoms with Crippen LogP contribution in [-0.2, 0) is 4.43 Å². The van der Waals surface area contributed by atoms with Gasteiger partial charge in [0.15, 0.2) is 8.32 Å². The lowest BCUT2D eigenvalue weighted by atomic mass is 10.2. The molecule has 0 aliphatic carbocycles. The third kappa shape index (κ3) is 8.66. The molecule has 19 heavy (non-hydrogen) atoms. The summed E-state index contributed by atoms with van der Waals surface area (Å²) in [7, 11) is 2.18. The zero-order valence-electron chi connectivity index (χ0n) is 13.7. The molecule has 0 heterocycles. The maximum atomic E-state index is 8.74. The van der Waals surface area contributed by atoms with E-state index < -0.39 is 8.32 Å². The maximum Gasteiger partial charge on any atom is 0.192 e. The minimum absolute atomic E-state index is 0.152. The van der Waals surface area contributed by atoms with Crippen molar-refractivity contribution in [1.29, 1.82) is 0 Å². The summed E-state index contributed by atoms with van der Waals surface area (Å²) in [6.45, 7) is 17.1. The van der Waals surface area contributed by atoms with E-state index in [1.807, 2.05) is 21.6 Å². The summed E-state index contributed by atoms with van der Waals surface area (Å²) < 4.78 is 6.45. The van der Waals surface area contributed by atoms with Crippen LogP contribution in [0.1, 0.15) is 47.5 Å². The van der Waals surface area contributed by atoms with Crippen LogP contribution in [0.25, 0.3) is 0 Å². The monoisotopic (exact) mass is 324 g/mol. The van der Waals surface area contributed by atoms with E-state index in [0.29, 0.717) is 6.61 Å². The Morgan fingerprint density at radius 2 is 1.63 bits per heavy atom. The van der Waals surface area contributed by atoms with Crippen molar-refractivity contribution in [2.75, 3.05) is 19.0 Å². The first-order chi connectivity index (χ1) is 8.52. The lowest BCUT2D eigenvalue weighted by molar-refractivity contribution is 0.262. The molecule has 0 aromatic heterocycles. The molecule has 0 unspecified atom stereocenters. The fourth-order valence-corrected chi connectivity index (χ4v) is 4.86. The van der Waals surface area contributed by atoms with Gasteiger partial charge in [-0.05, 0) is 44.8 Å². The van der Waals surface area contributed by atoms with Gasteiger partial charge in [-0.25, -0.2) is 0 Å². The molecule has 0 saturated heterocycles. The van der Waals surface area contributed by atoms with Gasteiger partial charge in [0.2, 0.25) is 0 Å². The van der Waals surface area contributed by atoms with Gasteiger partial charge >= 0.3 is 0 Å².